The molecule has 0 bridgehead atoms. The van der Waals surface area contributed by atoms with Gasteiger partial charge in [0.15, 0.2) is 0 Å². The van der Waals surface area contributed by atoms with E-state index in [0.717, 1.165) is 25.9 Å². The van der Waals surface area contributed by atoms with E-state index in [1.807, 2.05) is 19.4 Å². The monoisotopic (exact) mass is 222 g/mol. The average molecular weight is 222 g/mol. The summed E-state index contributed by atoms with van der Waals surface area (Å²) in [6.45, 7) is 0.727. The molecule has 0 N–H and O–H groups in total. The van der Waals surface area contributed by atoms with Gasteiger partial charge >= 0.3 is 0 Å². The summed E-state index contributed by atoms with van der Waals surface area (Å²) in [6, 6.07) is 0. The van der Waals surface area contributed by atoms with Crippen molar-refractivity contribution in [3.8, 4) is 0 Å². The van der Waals surface area contributed by atoms with E-state index in [0.29, 0.717) is 18.6 Å². The van der Waals surface area contributed by atoms with Gasteiger partial charge in [0.25, 0.3) is 0 Å². The van der Waals surface area contributed by atoms with Gasteiger partial charge < -0.3 is 4.74 Å². The molecule has 4 heteroatoms. The number of ketones is 1. The number of nitrogens with zero attached hydrogens (tertiary/aromatic N) is 2. The third-order valence-corrected chi connectivity index (χ3v) is 2.99. The highest BCUT2D eigenvalue weighted by molar-refractivity contribution is 5.79. The summed E-state index contributed by atoms with van der Waals surface area (Å²) in [5, 5.41) is 4.11. The summed E-state index contributed by atoms with van der Waals surface area (Å²) < 4.78 is 7.56. The average Bonchev–Trinajstić information content (AvgIpc) is 2.67. The fourth-order valence-electron chi connectivity index (χ4n) is 2.02. The molecule has 1 fully saturated rings. The molecular weight excluding hydrogens is 204 g/mol. The van der Waals surface area contributed by atoms with E-state index in [-0.39, 0.29) is 6.10 Å². The third-order valence-electron chi connectivity index (χ3n) is 2.99. The molecule has 0 atom stereocenters. The third kappa shape index (κ3) is 3.17. The molecule has 4 nitrogen and oxygen atoms in total. The van der Waals surface area contributed by atoms with Crippen molar-refractivity contribution in [1.82, 2.24) is 9.78 Å². The Hall–Kier alpha value is -1.16. The molecule has 0 aromatic carbocycles. The molecule has 0 saturated heterocycles. The van der Waals surface area contributed by atoms with Gasteiger partial charge in [-0.2, -0.15) is 5.10 Å². The first kappa shape index (κ1) is 11.3. The number of carbonyl (C=O) groups is 1. The van der Waals surface area contributed by atoms with Crippen molar-refractivity contribution in [1.29, 1.82) is 0 Å². The number of aryl methyl sites for hydroxylation is 1. The first-order chi connectivity index (χ1) is 7.74. The number of aromatic nitrogens is 2. The zero-order valence-electron chi connectivity index (χ0n) is 9.69. The van der Waals surface area contributed by atoms with Crippen LogP contribution in [0.25, 0.3) is 0 Å². The lowest BCUT2D eigenvalue weighted by Gasteiger charge is -2.21. The standard InChI is InChI=1S/C12H18N2O2/c1-14-9-10(8-13-14)6-7-16-12-4-2-11(15)3-5-12/h8-9,12H,2-7H2,1H3. The van der Waals surface area contributed by atoms with Crippen LogP contribution in [0.4, 0.5) is 0 Å². The topological polar surface area (TPSA) is 44.1 Å². The lowest BCUT2D eigenvalue weighted by atomic mass is 9.96. The second-order valence-electron chi connectivity index (χ2n) is 4.38. The Morgan fingerprint density at radius 2 is 2.25 bits per heavy atom. The fraction of sp³-hybridized carbons (Fsp3) is 0.667. The van der Waals surface area contributed by atoms with Gasteiger partial charge in [-0.15, -0.1) is 0 Å². The molecule has 88 valence electrons. The first-order valence-electron chi connectivity index (χ1n) is 5.85. The molecule has 1 saturated carbocycles. The number of rotatable bonds is 4. The van der Waals surface area contributed by atoms with Crippen LogP contribution in [-0.4, -0.2) is 28.3 Å². The summed E-state index contributed by atoms with van der Waals surface area (Å²) in [5.41, 5.74) is 1.20. The Bertz CT molecular complexity index is 350. The largest absolute Gasteiger partial charge is 0.378 e. The van der Waals surface area contributed by atoms with E-state index in [9.17, 15) is 4.79 Å². The molecule has 1 aromatic rings. The molecule has 0 spiro atoms. The van der Waals surface area contributed by atoms with Crippen molar-refractivity contribution in [2.45, 2.75) is 38.2 Å². The molecule has 1 aliphatic carbocycles. The summed E-state index contributed by atoms with van der Waals surface area (Å²) in [4.78, 5) is 11.0. The van der Waals surface area contributed by atoms with E-state index in [2.05, 4.69) is 5.10 Å². The van der Waals surface area contributed by atoms with Crippen molar-refractivity contribution in [3.63, 3.8) is 0 Å². The number of Topliss-reactive ketones (excluding diaryl/α,β-unsaturated/α-hetero) is 1. The zero-order chi connectivity index (χ0) is 11.4. The molecular formula is C12H18N2O2. The van der Waals surface area contributed by atoms with Crippen molar-refractivity contribution in [2.75, 3.05) is 6.61 Å². The highest BCUT2D eigenvalue weighted by Crippen LogP contribution is 2.18. The predicted octanol–water partition coefficient (Wildman–Crippen LogP) is 1.49. The van der Waals surface area contributed by atoms with E-state index in [1.165, 1.54) is 5.56 Å². The Balaban J connectivity index is 1.66. The quantitative estimate of drug-likeness (QED) is 0.775. The Morgan fingerprint density at radius 1 is 1.50 bits per heavy atom. The van der Waals surface area contributed by atoms with Gasteiger partial charge in [-0.3, -0.25) is 9.48 Å². The van der Waals surface area contributed by atoms with Crippen LogP contribution in [0.3, 0.4) is 0 Å². The second-order valence-corrected chi connectivity index (χ2v) is 4.38. The second kappa shape index (κ2) is 5.25. The maximum absolute atomic E-state index is 11.0. The van der Waals surface area contributed by atoms with Gasteiger partial charge in [0, 0.05) is 26.1 Å². The van der Waals surface area contributed by atoms with Crippen LogP contribution in [0, 0.1) is 0 Å². The van der Waals surface area contributed by atoms with Crippen LogP contribution >= 0.6 is 0 Å². The number of ether oxygens (including phenoxy) is 1. The molecule has 0 aliphatic heterocycles. The predicted molar refractivity (Wildman–Crippen MR) is 60.1 cm³/mol. The van der Waals surface area contributed by atoms with Crippen molar-refractivity contribution < 1.29 is 9.53 Å². The minimum absolute atomic E-state index is 0.286. The molecule has 2 rings (SSSR count). The summed E-state index contributed by atoms with van der Waals surface area (Å²) in [6.07, 6.45) is 8.24. The maximum atomic E-state index is 11.0. The minimum atomic E-state index is 0.286. The molecule has 16 heavy (non-hydrogen) atoms. The number of hydrogen-bond donors (Lipinski definition) is 0. The van der Waals surface area contributed by atoms with Crippen LogP contribution in [0.2, 0.25) is 0 Å². The molecule has 1 heterocycles. The lowest BCUT2D eigenvalue weighted by Crippen LogP contribution is -2.22. The van der Waals surface area contributed by atoms with Crippen LogP contribution < -0.4 is 0 Å². The number of hydrogen-bond acceptors (Lipinski definition) is 3. The van der Waals surface area contributed by atoms with E-state index < -0.39 is 0 Å². The zero-order valence-corrected chi connectivity index (χ0v) is 9.69. The molecule has 1 aliphatic rings. The van der Waals surface area contributed by atoms with Gasteiger partial charge in [0.2, 0.25) is 0 Å². The highest BCUT2D eigenvalue weighted by Gasteiger charge is 2.18. The van der Waals surface area contributed by atoms with E-state index >= 15 is 0 Å². The minimum Gasteiger partial charge on any atom is -0.378 e. The summed E-state index contributed by atoms with van der Waals surface area (Å²) in [5.74, 6) is 0.382. The van der Waals surface area contributed by atoms with Crippen LogP contribution in [0.1, 0.15) is 31.2 Å². The van der Waals surface area contributed by atoms with Crippen molar-refractivity contribution >= 4 is 5.78 Å². The fourth-order valence-corrected chi connectivity index (χ4v) is 2.02. The van der Waals surface area contributed by atoms with E-state index in [4.69, 9.17) is 4.74 Å². The SMILES string of the molecule is Cn1cc(CCOC2CCC(=O)CC2)cn1. The summed E-state index contributed by atoms with van der Waals surface area (Å²) >= 11 is 0. The summed E-state index contributed by atoms with van der Waals surface area (Å²) in [7, 11) is 1.91. The van der Waals surface area contributed by atoms with Gasteiger partial charge in [-0.1, -0.05) is 0 Å². The molecule has 0 amide bonds. The van der Waals surface area contributed by atoms with Crippen LogP contribution in [0.5, 0.6) is 0 Å². The molecule has 0 unspecified atom stereocenters. The van der Waals surface area contributed by atoms with Gasteiger partial charge in [-0.25, -0.2) is 0 Å². The number of carbonyl (C=O) groups excluding carboxylic acids is 1. The van der Waals surface area contributed by atoms with Crippen LogP contribution in [0.15, 0.2) is 12.4 Å². The van der Waals surface area contributed by atoms with Gasteiger partial charge in [0.05, 0.1) is 18.9 Å². The maximum Gasteiger partial charge on any atom is 0.133 e. The Morgan fingerprint density at radius 3 is 2.88 bits per heavy atom. The Kier molecular flexibility index (Phi) is 3.72. The van der Waals surface area contributed by atoms with Crippen molar-refractivity contribution in [2.24, 2.45) is 7.05 Å². The van der Waals surface area contributed by atoms with Gasteiger partial charge in [-0.05, 0) is 24.8 Å². The first-order valence-corrected chi connectivity index (χ1v) is 5.85. The van der Waals surface area contributed by atoms with E-state index in [1.54, 1.807) is 4.68 Å². The lowest BCUT2D eigenvalue weighted by molar-refractivity contribution is -0.122. The molecule has 0 radical (unpaired) electrons. The van der Waals surface area contributed by atoms with Crippen molar-refractivity contribution in [3.05, 3.63) is 18.0 Å². The smallest absolute Gasteiger partial charge is 0.133 e. The van der Waals surface area contributed by atoms with Crippen LogP contribution in [-0.2, 0) is 23.0 Å². The highest BCUT2D eigenvalue weighted by atomic mass is 16.5. The molecule has 1 aromatic heterocycles. The normalized spacial score (nSPS) is 17.9. The van der Waals surface area contributed by atoms with Gasteiger partial charge in [0.1, 0.15) is 5.78 Å². The Labute approximate surface area is 95.6 Å².